The Morgan fingerprint density at radius 3 is 0.731 bits per heavy atom. The molecular formula is C51H98N+. The fraction of sp³-hybridized carbons (Fsp3) is 0.902. The van der Waals surface area contributed by atoms with E-state index in [1.807, 2.05) is 0 Å². The Kier molecular flexibility index (Phi) is 39.1. The number of nitrogens with zero attached hydrogens (tertiary/aromatic N) is 1. The lowest BCUT2D eigenvalue weighted by molar-refractivity contribution is -0.698. The van der Waals surface area contributed by atoms with Crippen molar-refractivity contribution in [3.8, 4) is 0 Å². The largest absolute Gasteiger partial charge is 0.205 e. The fourth-order valence-electron chi connectivity index (χ4n) is 8.36. The summed E-state index contributed by atoms with van der Waals surface area (Å²) >= 11 is 0. The molecule has 0 radical (unpaired) electrons. The molecule has 306 valence electrons. The molecule has 52 heavy (non-hydrogen) atoms. The van der Waals surface area contributed by atoms with Gasteiger partial charge in [-0.1, -0.05) is 252 Å². The number of aromatic nitrogens is 1. The van der Waals surface area contributed by atoms with Crippen LogP contribution in [0.5, 0.6) is 0 Å². The monoisotopic (exact) mass is 725 g/mol. The zero-order chi connectivity index (χ0) is 37.3. The lowest BCUT2D eigenvalue weighted by Gasteiger charge is -2.07. The zero-order valence-corrected chi connectivity index (χ0v) is 36.6. The van der Waals surface area contributed by atoms with Crippen LogP contribution < -0.4 is 4.57 Å². The van der Waals surface area contributed by atoms with Crippen molar-refractivity contribution in [1.82, 2.24) is 0 Å². The van der Waals surface area contributed by atoms with Gasteiger partial charge in [0.2, 0.25) is 0 Å². The lowest BCUT2D eigenvalue weighted by atomic mass is 10.0. The van der Waals surface area contributed by atoms with Gasteiger partial charge in [0.05, 0.1) is 0 Å². The number of pyridine rings is 1. The molecule has 0 fully saturated rings. The number of hydrogen-bond acceptors (Lipinski definition) is 0. The summed E-state index contributed by atoms with van der Waals surface area (Å²) in [5, 5.41) is 0. The predicted octanol–water partition coefficient (Wildman–Crippen LogP) is 17.7. The lowest BCUT2D eigenvalue weighted by Crippen LogP contribution is -2.34. The average molecular weight is 725 g/mol. The van der Waals surface area contributed by atoms with Crippen molar-refractivity contribution in [2.24, 2.45) is 0 Å². The molecule has 0 saturated carbocycles. The predicted molar refractivity (Wildman–Crippen MR) is 236 cm³/mol. The minimum absolute atomic E-state index is 1.22. The fourth-order valence-corrected chi connectivity index (χ4v) is 8.36. The van der Waals surface area contributed by atoms with Gasteiger partial charge in [-0.2, -0.15) is 0 Å². The minimum Gasteiger partial charge on any atom is -0.205 e. The van der Waals surface area contributed by atoms with E-state index in [2.05, 4.69) is 43.8 Å². The molecular weight excluding hydrogens is 627 g/mol. The normalized spacial score (nSPS) is 11.6. The molecule has 0 aliphatic heterocycles. The van der Waals surface area contributed by atoms with Crippen LogP contribution in [-0.2, 0) is 19.4 Å². The first-order valence-corrected chi connectivity index (χ1v) is 24.8. The van der Waals surface area contributed by atoms with E-state index >= 15 is 0 Å². The summed E-state index contributed by atoms with van der Waals surface area (Å²) < 4.78 is 2.58. The van der Waals surface area contributed by atoms with Crippen molar-refractivity contribution in [1.29, 1.82) is 0 Å². The van der Waals surface area contributed by atoms with Gasteiger partial charge in [0.1, 0.15) is 6.54 Å². The molecule has 0 aromatic carbocycles. The summed E-state index contributed by atoms with van der Waals surface area (Å²) in [6, 6.07) is 2.58. The van der Waals surface area contributed by atoms with E-state index in [1.165, 1.54) is 276 Å². The Morgan fingerprint density at radius 1 is 0.269 bits per heavy atom. The maximum absolute atomic E-state index is 2.58. The third-order valence-corrected chi connectivity index (χ3v) is 11.9. The molecule has 0 aliphatic carbocycles. The summed E-state index contributed by atoms with van der Waals surface area (Å²) in [6.07, 6.45) is 65.3. The van der Waals surface area contributed by atoms with E-state index in [4.69, 9.17) is 0 Å². The SMILES string of the molecule is CCCCCCCCCCCCCCCCCCc1cc(CCCCCCCCCCCCCCCCCC)c[n+](CCCCCCCCCC)c1. The Hall–Kier alpha value is -0.850. The molecule has 0 spiro atoms. The third-order valence-electron chi connectivity index (χ3n) is 11.9. The number of unbranched alkanes of at least 4 members (excludes halogenated alkanes) is 37. The van der Waals surface area contributed by atoms with E-state index < -0.39 is 0 Å². The van der Waals surface area contributed by atoms with Crippen LogP contribution in [0.3, 0.4) is 0 Å². The topological polar surface area (TPSA) is 3.88 Å². The summed E-state index contributed by atoms with van der Waals surface area (Å²) in [6.45, 7) is 8.16. The van der Waals surface area contributed by atoms with Gasteiger partial charge in [0.15, 0.2) is 12.4 Å². The molecule has 0 bridgehead atoms. The number of rotatable bonds is 43. The molecule has 0 aliphatic rings. The molecule has 1 heteroatoms. The highest BCUT2D eigenvalue weighted by molar-refractivity contribution is 5.15. The van der Waals surface area contributed by atoms with Crippen LogP contribution in [0.25, 0.3) is 0 Å². The molecule has 1 aromatic heterocycles. The molecule has 0 atom stereocenters. The van der Waals surface area contributed by atoms with Gasteiger partial charge in [-0.3, -0.25) is 0 Å². The van der Waals surface area contributed by atoms with Crippen LogP contribution in [0.4, 0.5) is 0 Å². The highest BCUT2D eigenvalue weighted by atomic mass is 14.9. The van der Waals surface area contributed by atoms with Crippen LogP contribution in [0.15, 0.2) is 18.5 Å². The van der Waals surface area contributed by atoms with Crippen molar-refractivity contribution in [2.75, 3.05) is 0 Å². The average Bonchev–Trinajstić information content (AvgIpc) is 3.15. The Morgan fingerprint density at radius 2 is 0.481 bits per heavy atom. The highest BCUT2D eigenvalue weighted by Crippen LogP contribution is 2.17. The van der Waals surface area contributed by atoms with Gasteiger partial charge in [-0.25, -0.2) is 4.57 Å². The van der Waals surface area contributed by atoms with Gasteiger partial charge in [-0.05, 0) is 38.2 Å². The minimum atomic E-state index is 1.22. The van der Waals surface area contributed by atoms with Crippen molar-refractivity contribution in [2.45, 2.75) is 297 Å². The van der Waals surface area contributed by atoms with Gasteiger partial charge in [0, 0.05) is 17.5 Å². The molecule has 0 saturated heterocycles. The summed E-state index contributed by atoms with van der Waals surface area (Å²) in [5.41, 5.74) is 3.22. The van der Waals surface area contributed by atoms with E-state index in [0.29, 0.717) is 0 Å². The highest BCUT2D eigenvalue weighted by Gasteiger charge is 2.09. The smallest absolute Gasteiger partial charge is 0.171 e. The van der Waals surface area contributed by atoms with Crippen molar-refractivity contribution in [3.05, 3.63) is 29.6 Å². The van der Waals surface area contributed by atoms with E-state index in [-0.39, 0.29) is 0 Å². The summed E-state index contributed by atoms with van der Waals surface area (Å²) in [7, 11) is 0. The summed E-state index contributed by atoms with van der Waals surface area (Å²) in [4.78, 5) is 0. The Balaban J connectivity index is 2.23. The first-order valence-electron chi connectivity index (χ1n) is 24.8. The van der Waals surface area contributed by atoms with Crippen LogP contribution in [-0.4, -0.2) is 0 Å². The number of hydrogen-bond donors (Lipinski definition) is 0. The molecule has 1 aromatic rings. The Labute approximate surface area is 330 Å². The zero-order valence-electron chi connectivity index (χ0n) is 36.6. The van der Waals surface area contributed by atoms with Crippen LogP contribution in [0.2, 0.25) is 0 Å². The standard InChI is InChI=1S/C51H98N/c1-4-7-10-13-16-19-21-23-25-27-29-31-33-35-38-41-44-50-47-51(49-52(48-50)46-43-40-37-18-15-12-9-6-3)45-42-39-36-34-32-30-28-26-24-22-20-17-14-11-8-5-2/h47-49H,4-46H2,1-3H3/q+1. The molecule has 1 rings (SSSR count). The van der Waals surface area contributed by atoms with Crippen LogP contribution >= 0.6 is 0 Å². The molecule has 0 N–H and O–H groups in total. The molecule has 1 nitrogen and oxygen atoms in total. The molecule has 1 heterocycles. The van der Waals surface area contributed by atoms with Crippen molar-refractivity contribution >= 4 is 0 Å². The van der Waals surface area contributed by atoms with Crippen molar-refractivity contribution < 1.29 is 4.57 Å². The van der Waals surface area contributed by atoms with Gasteiger partial charge in [0.25, 0.3) is 0 Å². The van der Waals surface area contributed by atoms with Crippen molar-refractivity contribution in [3.63, 3.8) is 0 Å². The van der Waals surface area contributed by atoms with Gasteiger partial charge < -0.3 is 0 Å². The molecule has 0 amide bonds. The second-order valence-corrected chi connectivity index (χ2v) is 17.4. The van der Waals surface area contributed by atoms with Crippen LogP contribution in [0, 0.1) is 0 Å². The number of aryl methyl sites for hydroxylation is 3. The Bertz CT molecular complexity index is 759. The first-order chi connectivity index (χ1) is 25.8. The maximum atomic E-state index is 2.58. The second kappa shape index (κ2) is 41.3. The van der Waals surface area contributed by atoms with Gasteiger partial charge >= 0.3 is 0 Å². The van der Waals surface area contributed by atoms with E-state index in [1.54, 1.807) is 11.1 Å². The van der Waals surface area contributed by atoms with E-state index in [9.17, 15) is 0 Å². The van der Waals surface area contributed by atoms with E-state index in [0.717, 1.165) is 0 Å². The van der Waals surface area contributed by atoms with Crippen LogP contribution in [0.1, 0.15) is 289 Å². The quantitative estimate of drug-likeness (QED) is 0.0466. The second-order valence-electron chi connectivity index (χ2n) is 17.4. The van der Waals surface area contributed by atoms with Gasteiger partial charge in [-0.15, -0.1) is 0 Å². The third kappa shape index (κ3) is 34.9. The summed E-state index contributed by atoms with van der Waals surface area (Å²) in [5.74, 6) is 0. The maximum Gasteiger partial charge on any atom is 0.171 e. The first kappa shape index (κ1) is 49.2. The molecule has 0 unspecified atom stereocenters.